The van der Waals surface area contributed by atoms with Crippen LogP contribution >= 0.6 is 0 Å². The molecule has 1 aromatic rings. The van der Waals surface area contributed by atoms with Gasteiger partial charge in [-0.15, -0.1) is 0 Å². The maximum atomic E-state index is 12.7. The zero-order valence-electron chi connectivity index (χ0n) is 16.1. The summed E-state index contributed by atoms with van der Waals surface area (Å²) in [7, 11) is 0. The van der Waals surface area contributed by atoms with Gasteiger partial charge in [-0.05, 0) is 31.6 Å². The first-order chi connectivity index (χ1) is 14.0. The molecule has 2 fully saturated rings. The van der Waals surface area contributed by atoms with Gasteiger partial charge in [0.1, 0.15) is 18.8 Å². The molecular weight excluding hydrogens is 380 g/mol. The number of nitro benzene ring substituents is 1. The molecule has 0 unspecified atom stereocenters. The third kappa shape index (κ3) is 3.99. The highest BCUT2D eigenvalue weighted by Crippen LogP contribution is 2.37. The summed E-state index contributed by atoms with van der Waals surface area (Å²) in [5, 5.41) is 11.4. The van der Waals surface area contributed by atoms with Crippen LogP contribution in [0, 0.1) is 16.0 Å². The van der Waals surface area contributed by atoms with Crippen LogP contribution in [0.1, 0.15) is 48.9 Å². The first-order valence-electron chi connectivity index (χ1n) is 10.1. The molecule has 1 aromatic carbocycles. The summed E-state index contributed by atoms with van der Waals surface area (Å²) in [6.45, 7) is 0.811. The normalized spacial score (nSPS) is 23.1. The van der Waals surface area contributed by atoms with Gasteiger partial charge < -0.3 is 19.1 Å². The standard InChI is InChI=1S/C20H24N2O7/c23-19(21-7-3-5-13-4-1-2-6-15(13)21)12-29-20(24)14-10-17-18(28-9-8-27-17)11-16(14)22(25)26/h10-11,13,15H,1-9,12H2/t13-,15-/m0/s1. The zero-order chi connectivity index (χ0) is 20.4. The highest BCUT2D eigenvalue weighted by atomic mass is 16.6. The van der Waals surface area contributed by atoms with Crippen molar-refractivity contribution in [3.8, 4) is 11.5 Å². The molecule has 9 heteroatoms. The lowest BCUT2D eigenvalue weighted by Crippen LogP contribution is -2.50. The number of piperidine rings is 1. The summed E-state index contributed by atoms with van der Waals surface area (Å²) in [6, 6.07) is 2.62. The van der Waals surface area contributed by atoms with E-state index in [-0.39, 0.29) is 42.2 Å². The van der Waals surface area contributed by atoms with Crippen molar-refractivity contribution < 1.29 is 28.7 Å². The third-order valence-electron chi connectivity index (χ3n) is 5.97. The number of hydrogen-bond acceptors (Lipinski definition) is 7. The topological polar surface area (TPSA) is 108 Å². The highest BCUT2D eigenvalue weighted by molar-refractivity contribution is 5.96. The van der Waals surface area contributed by atoms with Crippen molar-refractivity contribution in [3.05, 3.63) is 27.8 Å². The molecule has 2 atom stereocenters. The molecule has 4 rings (SSSR count). The Bertz CT molecular complexity index is 823. The Balaban J connectivity index is 1.45. The highest BCUT2D eigenvalue weighted by Gasteiger charge is 2.36. The predicted octanol–water partition coefficient (Wildman–Crippen LogP) is 2.70. The van der Waals surface area contributed by atoms with Crippen molar-refractivity contribution in [1.29, 1.82) is 0 Å². The van der Waals surface area contributed by atoms with Crippen LogP contribution in [0.5, 0.6) is 11.5 Å². The van der Waals surface area contributed by atoms with Gasteiger partial charge in [-0.3, -0.25) is 14.9 Å². The fraction of sp³-hybridized carbons (Fsp3) is 0.600. The van der Waals surface area contributed by atoms with E-state index in [9.17, 15) is 19.7 Å². The predicted molar refractivity (Wildman–Crippen MR) is 101 cm³/mol. The molecule has 0 spiro atoms. The molecule has 1 saturated heterocycles. The van der Waals surface area contributed by atoms with Gasteiger partial charge >= 0.3 is 5.97 Å². The van der Waals surface area contributed by atoms with E-state index in [1.54, 1.807) is 0 Å². The van der Waals surface area contributed by atoms with Crippen LogP contribution in [-0.4, -0.2) is 54.1 Å². The molecule has 0 radical (unpaired) electrons. The molecule has 2 aliphatic heterocycles. The number of carbonyl (C=O) groups excluding carboxylic acids is 2. The van der Waals surface area contributed by atoms with Crippen LogP contribution in [0.2, 0.25) is 0 Å². The van der Waals surface area contributed by atoms with Crippen LogP contribution in [0.3, 0.4) is 0 Å². The van der Waals surface area contributed by atoms with Gasteiger partial charge in [0.25, 0.3) is 11.6 Å². The Labute approximate surface area is 168 Å². The molecule has 9 nitrogen and oxygen atoms in total. The SMILES string of the molecule is O=C(OCC(=O)N1CCC[C@@H]2CCCC[C@@H]21)c1cc2c(cc1[N+](=O)[O-])OCCO2. The number of ether oxygens (including phenoxy) is 3. The number of fused-ring (bicyclic) bond motifs is 2. The molecule has 2 heterocycles. The molecule has 3 aliphatic rings. The van der Waals surface area contributed by atoms with Crippen LogP contribution in [0.4, 0.5) is 5.69 Å². The van der Waals surface area contributed by atoms with E-state index in [4.69, 9.17) is 14.2 Å². The van der Waals surface area contributed by atoms with Crippen molar-refractivity contribution in [3.63, 3.8) is 0 Å². The fourth-order valence-electron chi connectivity index (χ4n) is 4.61. The molecule has 29 heavy (non-hydrogen) atoms. The van der Waals surface area contributed by atoms with E-state index < -0.39 is 23.2 Å². The van der Waals surface area contributed by atoms with E-state index in [1.165, 1.54) is 12.5 Å². The van der Waals surface area contributed by atoms with E-state index in [1.807, 2.05) is 4.90 Å². The minimum Gasteiger partial charge on any atom is -0.486 e. The Hall–Kier alpha value is -2.84. The maximum Gasteiger partial charge on any atom is 0.345 e. The summed E-state index contributed by atoms with van der Waals surface area (Å²) in [5.74, 6) is -0.168. The van der Waals surface area contributed by atoms with E-state index >= 15 is 0 Å². The Morgan fingerprint density at radius 1 is 1.10 bits per heavy atom. The van der Waals surface area contributed by atoms with Crippen molar-refractivity contribution >= 4 is 17.6 Å². The van der Waals surface area contributed by atoms with Crippen LogP contribution < -0.4 is 9.47 Å². The number of rotatable bonds is 4. The average molecular weight is 404 g/mol. The number of esters is 1. The molecular formula is C20H24N2O7. The number of amides is 1. The van der Waals surface area contributed by atoms with Crippen LogP contribution in [-0.2, 0) is 9.53 Å². The second-order valence-corrected chi connectivity index (χ2v) is 7.69. The largest absolute Gasteiger partial charge is 0.486 e. The summed E-state index contributed by atoms with van der Waals surface area (Å²) in [5.41, 5.74) is -0.682. The summed E-state index contributed by atoms with van der Waals surface area (Å²) in [6.07, 6.45) is 6.52. The monoisotopic (exact) mass is 404 g/mol. The van der Waals surface area contributed by atoms with Crippen molar-refractivity contribution in [2.24, 2.45) is 5.92 Å². The molecule has 156 valence electrons. The molecule has 1 aliphatic carbocycles. The Kier molecular flexibility index (Phi) is 5.55. The Morgan fingerprint density at radius 3 is 2.55 bits per heavy atom. The lowest BCUT2D eigenvalue weighted by Gasteiger charge is -2.44. The third-order valence-corrected chi connectivity index (χ3v) is 5.97. The van der Waals surface area contributed by atoms with Gasteiger partial charge in [0, 0.05) is 18.7 Å². The minimum absolute atomic E-state index is 0.215. The summed E-state index contributed by atoms with van der Waals surface area (Å²) in [4.78, 5) is 37.8. The van der Waals surface area contributed by atoms with E-state index in [0.29, 0.717) is 12.5 Å². The van der Waals surface area contributed by atoms with Crippen molar-refractivity contribution in [2.45, 2.75) is 44.6 Å². The molecule has 0 bridgehead atoms. The van der Waals surface area contributed by atoms with E-state index in [0.717, 1.165) is 38.2 Å². The second kappa shape index (κ2) is 8.26. The van der Waals surface area contributed by atoms with Gasteiger partial charge in [0.05, 0.1) is 11.0 Å². The van der Waals surface area contributed by atoms with Gasteiger partial charge in [0.2, 0.25) is 0 Å². The number of carbonyl (C=O) groups is 2. The lowest BCUT2D eigenvalue weighted by atomic mass is 9.78. The minimum atomic E-state index is -0.917. The van der Waals surface area contributed by atoms with E-state index in [2.05, 4.69) is 0 Å². The first-order valence-corrected chi connectivity index (χ1v) is 10.1. The summed E-state index contributed by atoms with van der Waals surface area (Å²) < 4.78 is 15.9. The van der Waals surface area contributed by atoms with Gasteiger partial charge in [0.15, 0.2) is 18.1 Å². The fourth-order valence-corrected chi connectivity index (χ4v) is 4.61. The Morgan fingerprint density at radius 2 is 1.79 bits per heavy atom. The summed E-state index contributed by atoms with van der Waals surface area (Å²) >= 11 is 0. The van der Waals surface area contributed by atoms with Crippen molar-refractivity contribution in [2.75, 3.05) is 26.4 Å². The number of nitrogens with zero attached hydrogens (tertiary/aromatic N) is 2. The van der Waals surface area contributed by atoms with Crippen LogP contribution in [0.15, 0.2) is 12.1 Å². The van der Waals surface area contributed by atoms with Gasteiger partial charge in [-0.25, -0.2) is 4.79 Å². The van der Waals surface area contributed by atoms with Crippen molar-refractivity contribution in [1.82, 2.24) is 4.90 Å². The molecule has 1 amide bonds. The lowest BCUT2D eigenvalue weighted by molar-refractivity contribution is -0.385. The first kappa shape index (κ1) is 19.5. The molecule has 0 N–H and O–H groups in total. The van der Waals surface area contributed by atoms with Crippen LogP contribution in [0.25, 0.3) is 0 Å². The average Bonchev–Trinajstić information content (AvgIpc) is 2.75. The number of likely N-dealkylation sites (tertiary alicyclic amines) is 1. The number of nitro groups is 1. The maximum absolute atomic E-state index is 12.7. The molecule has 1 saturated carbocycles. The smallest absolute Gasteiger partial charge is 0.345 e. The molecule has 0 aromatic heterocycles. The quantitative estimate of drug-likeness (QED) is 0.431. The zero-order valence-corrected chi connectivity index (χ0v) is 16.1. The second-order valence-electron chi connectivity index (χ2n) is 7.69. The number of benzene rings is 1. The van der Waals surface area contributed by atoms with Gasteiger partial charge in [-0.1, -0.05) is 12.8 Å². The van der Waals surface area contributed by atoms with Gasteiger partial charge in [-0.2, -0.15) is 0 Å². The number of hydrogen-bond donors (Lipinski definition) is 0.